The zero-order valence-electron chi connectivity index (χ0n) is 10.1. The van der Waals surface area contributed by atoms with E-state index in [2.05, 4.69) is 39.5 Å². The van der Waals surface area contributed by atoms with E-state index in [1.54, 1.807) is 0 Å². The zero-order valence-corrected chi connectivity index (χ0v) is 10.1. The van der Waals surface area contributed by atoms with Gasteiger partial charge in [0.2, 0.25) is 0 Å². The highest BCUT2D eigenvalue weighted by molar-refractivity contribution is 5.55. The lowest BCUT2D eigenvalue weighted by molar-refractivity contribution is -0.112. The van der Waals surface area contributed by atoms with E-state index < -0.39 is 0 Å². The molecule has 0 bridgehead atoms. The third-order valence-corrected chi connectivity index (χ3v) is 3.31. The molecule has 0 radical (unpaired) electrons. The van der Waals surface area contributed by atoms with Crippen molar-refractivity contribution < 1.29 is 4.79 Å². The first-order chi connectivity index (χ1) is 6.41. The van der Waals surface area contributed by atoms with Crippen LogP contribution >= 0.6 is 0 Å². The van der Waals surface area contributed by atoms with Crippen molar-refractivity contribution in [2.45, 2.75) is 65.1 Å². The number of likely N-dealkylation sites (tertiary alicyclic amines) is 1. The van der Waals surface area contributed by atoms with Gasteiger partial charge in [0, 0.05) is 23.5 Å². The molecule has 0 aromatic heterocycles. The Kier molecular flexibility index (Phi) is 3.36. The van der Waals surface area contributed by atoms with Gasteiger partial charge in [0.05, 0.1) is 0 Å². The number of hydrogen-bond acceptors (Lipinski definition) is 2. The highest BCUT2D eigenvalue weighted by atomic mass is 16.1. The molecule has 0 aromatic rings. The van der Waals surface area contributed by atoms with Crippen LogP contribution in [0.15, 0.2) is 0 Å². The molecule has 1 saturated heterocycles. The Bertz CT molecular complexity index is 207. The number of hydrogen-bond donors (Lipinski definition) is 0. The Hall–Kier alpha value is -0.370. The average Bonchev–Trinajstić information content (AvgIpc) is 2.40. The minimum atomic E-state index is 0.178. The summed E-state index contributed by atoms with van der Waals surface area (Å²) in [6.07, 6.45) is 3.25. The van der Waals surface area contributed by atoms with E-state index in [4.69, 9.17) is 0 Å². The summed E-state index contributed by atoms with van der Waals surface area (Å²) in [6, 6.07) is 0.984. The van der Waals surface area contributed by atoms with Crippen LogP contribution in [-0.2, 0) is 4.79 Å². The lowest BCUT2D eigenvalue weighted by Gasteiger charge is -2.40. The van der Waals surface area contributed by atoms with E-state index in [1.165, 1.54) is 0 Å². The predicted octanol–water partition coefficient (Wildman–Crippen LogP) is 2.47. The van der Waals surface area contributed by atoms with Crippen molar-refractivity contribution in [1.29, 1.82) is 0 Å². The van der Waals surface area contributed by atoms with Gasteiger partial charge in [-0.15, -0.1) is 0 Å². The minimum absolute atomic E-state index is 0.178. The molecule has 0 spiro atoms. The maximum absolute atomic E-state index is 11.0. The van der Waals surface area contributed by atoms with Crippen LogP contribution in [0.4, 0.5) is 0 Å². The van der Waals surface area contributed by atoms with Crippen LogP contribution in [0.2, 0.25) is 0 Å². The van der Waals surface area contributed by atoms with Gasteiger partial charge < -0.3 is 4.79 Å². The van der Waals surface area contributed by atoms with E-state index in [0.717, 1.165) is 19.1 Å². The summed E-state index contributed by atoms with van der Waals surface area (Å²) < 4.78 is 0. The second-order valence-electron chi connectivity index (χ2n) is 5.44. The standard InChI is InChI=1S/C12H23NO/c1-6-11-10(8-14)7-9(2)13(11)12(3,4)5/h8-11H,6-7H2,1-5H3/t9-,10+,11-/m1/s1. The van der Waals surface area contributed by atoms with E-state index in [-0.39, 0.29) is 11.5 Å². The minimum Gasteiger partial charge on any atom is -0.303 e. The molecule has 0 saturated carbocycles. The highest BCUT2D eigenvalue weighted by Crippen LogP contribution is 2.36. The Morgan fingerprint density at radius 3 is 2.36 bits per heavy atom. The second-order valence-corrected chi connectivity index (χ2v) is 5.44. The van der Waals surface area contributed by atoms with Crippen molar-refractivity contribution in [2.24, 2.45) is 5.92 Å². The maximum Gasteiger partial charge on any atom is 0.124 e. The van der Waals surface area contributed by atoms with Crippen molar-refractivity contribution in [3.8, 4) is 0 Å². The van der Waals surface area contributed by atoms with Crippen molar-refractivity contribution in [3.63, 3.8) is 0 Å². The summed E-state index contributed by atoms with van der Waals surface area (Å²) >= 11 is 0. The van der Waals surface area contributed by atoms with E-state index in [1.807, 2.05) is 0 Å². The molecule has 0 aromatic carbocycles. The molecular formula is C12H23NO. The molecule has 14 heavy (non-hydrogen) atoms. The van der Waals surface area contributed by atoms with Crippen LogP contribution in [0.5, 0.6) is 0 Å². The fourth-order valence-electron chi connectivity index (χ4n) is 3.00. The molecule has 0 amide bonds. The fraction of sp³-hybridized carbons (Fsp3) is 0.917. The molecule has 1 fully saturated rings. The first kappa shape index (κ1) is 11.7. The highest BCUT2D eigenvalue weighted by Gasteiger charge is 2.42. The summed E-state index contributed by atoms with van der Waals surface area (Å²) in [7, 11) is 0. The molecular weight excluding hydrogens is 174 g/mol. The lowest BCUT2D eigenvalue weighted by atomic mass is 9.97. The number of carbonyl (C=O) groups excluding carboxylic acids is 1. The first-order valence-electron chi connectivity index (χ1n) is 5.65. The number of rotatable bonds is 2. The number of carbonyl (C=O) groups is 1. The van der Waals surface area contributed by atoms with Gasteiger partial charge in [0.1, 0.15) is 6.29 Å². The quantitative estimate of drug-likeness (QED) is 0.634. The zero-order chi connectivity index (χ0) is 10.9. The van der Waals surface area contributed by atoms with E-state index in [0.29, 0.717) is 12.1 Å². The molecule has 1 rings (SSSR count). The molecule has 0 unspecified atom stereocenters. The maximum atomic E-state index is 11.0. The van der Waals surface area contributed by atoms with Crippen molar-refractivity contribution >= 4 is 6.29 Å². The smallest absolute Gasteiger partial charge is 0.124 e. The molecule has 1 heterocycles. The Morgan fingerprint density at radius 2 is 2.00 bits per heavy atom. The number of aldehydes is 1. The Morgan fingerprint density at radius 1 is 1.43 bits per heavy atom. The van der Waals surface area contributed by atoms with Crippen LogP contribution < -0.4 is 0 Å². The average molecular weight is 197 g/mol. The van der Waals surface area contributed by atoms with Crippen LogP contribution in [0.25, 0.3) is 0 Å². The predicted molar refractivity (Wildman–Crippen MR) is 59.3 cm³/mol. The summed E-state index contributed by atoms with van der Waals surface area (Å²) in [4.78, 5) is 13.5. The van der Waals surface area contributed by atoms with Gasteiger partial charge in [-0.05, 0) is 40.5 Å². The molecule has 82 valence electrons. The summed E-state index contributed by atoms with van der Waals surface area (Å²) in [5.74, 6) is 0.245. The summed E-state index contributed by atoms with van der Waals surface area (Å²) in [6.45, 7) is 11.1. The largest absolute Gasteiger partial charge is 0.303 e. The molecule has 0 N–H and O–H groups in total. The summed E-state index contributed by atoms with van der Waals surface area (Å²) in [5.41, 5.74) is 0.178. The molecule has 2 heteroatoms. The monoisotopic (exact) mass is 197 g/mol. The SMILES string of the molecule is CC[C@@H]1[C@H](C=O)C[C@@H](C)N1C(C)(C)C. The van der Waals surface area contributed by atoms with Gasteiger partial charge in [-0.2, -0.15) is 0 Å². The van der Waals surface area contributed by atoms with Crippen LogP contribution in [0, 0.1) is 5.92 Å². The molecule has 0 aliphatic carbocycles. The van der Waals surface area contributed by atoms with Gasteiger partial charge in [-0.1, -0.05) is 6.92 Å². The van der Waals surface area contributed by atoms with Crippen molar-refractivity contribution in [1.82, 2.24) is 4.90 Å². The fourth-order valence-corrected chi connectivity index (χ4v) is 3.00. The van der Waals surface area contributed by atoms with Gasteiger partial charge >= 0.3 is 0 Å². The molecule has 1 aliphatic rings. The van der Waals surface area contributed by atoms with E-state index in [9.17, 15) is 4.79 Å². The van der Waals surface area contributed by atoms with Crippen LogP contribution in [0.3, 0.4) is 0 Å². The Labute approximate surface area is 87.7 Å². The Balaban J connectivity index is 2.88. The van der Waals surface area contributed by atoms with Crippen molar-refractivity contribution in [2.75, 3.05) is 0 Å². The van der Waals surface area contributed by atoms with Gasteiger partial charge in [0.25, 0.3) is 0 Å². The van der Waals surface area contributed by atoms with Gasteiger partial charge in [-0.25, -0.2) is 0 Å². The van der Waals surface area contributed by atoms with Crippen molar-refractivity contribution in [3.05, 3.63) is 0 Å². The number of nitrogens with zero attached hydrogens (tertiary/aromatic N) is 1. The van der Waals surface area contributed by atoms with E-state index >= 15 is 0 Å². The van der Waals surface area contributed by atoms with Gasteiger partial charge in [0.15, 0.2) is 0 Å². The van der Waals surface area contributed by atoms with Crippen LogP contribution in [0.1, 0.15) is 47.5 Å². The molecule has 2 nitrogen and oxygen atoms in total. The normalized spacial score (nSPS) is 34.8. The first-order valence-corrected chi connectivity index (χ1v) is 5.65. The lowest BCUT2D eigenvalue weighted by Crippen LogP contribution is -2.49. The second kappa shape index (κ2) is 4.01. The summed E-state index contributed by atoms with van der Waals surface area (Å²) in [5, 5.41) is 0. The van der Waals surface area contributed by atoms with Crippen LogP contribution in [-0.4, -0.2) is 28.8 Å². The topological polar surface area (TPSA) is 20.3 Å². The molecule has 3 atom stereocenters. The van der Waals surface area contributed by atoms with Gasteiger partial charge in [-0.3, -0.25) is 4.90 Å². The third kappa shape index (κ3) is 2.00. The molecule has 1 aliphatic heterocycles. The third-order valence-electron chi connectivity index (χ3n) is 3.31.